The highest BCUT2D eigenvalue weighted by molar-refractivity contribution is 6.37. The van der Waals surface area contributed by atoms with Crippen LogP contribution in [0.5, 0.6) is 0 Å². The fourth-order valence-corrected chi connectivity index (χ4v) is 6.07. The van der Waals surface area contributed by atoms with Crippen molar-refractivity contribution < 1.29 is 8.83 Å². The van der Waals surface area contributed by atoms with Gasteiger partial charge in [-0.05, 0) is 46.5 Å². The third-order valence-electron chi connectivity index (χ3n) is 7.58. The Morgan fingerprint density at radius 2 is 1.08 bits per heavy atom. The van der Waals surface area contributed by atoms with Gasteiger partial charge in [0, 0.05) is 32.7 Å². The molecule has 0 atom stereocenters. The summed E-state index contributed by atoms with van der Waals surface area (Å²) in [5, 5.41) is 4.88. The van der Waals surface area contributed by atoms with E-state index in [4.69, 9.17) is 20.4 Å². The van der Waals surface area contributed by atoms with Crippen LogP contribution in [0.1, 0.15) is 0 Å². The second-order valence-electron chi connectivity index (χ2n) is 9.80. The summed E-state index contributed by atoms with van der Waals surface area (Å²) in [6.07, 6.45) is 0. The van der Waals surface area contributed by atoms with Gasteiger partial charge in [0.05, 0.1) is 5.02 Å². The van der Waals surface area contributed by atoms with Crippen molar-refractivity contribution in [2.24, 2.45) is 0 Å². The second-order valence-corrected chi connectivity index (χ2v) is 10.2. The van der Waals surface area contributed by atoms with Crippen LogP contribution >= 0.6 is 11.6 Å². The molecule has 0 amide bonds. The number of para-hydroxylation sites is 2. The van der Waals surface area contributed by atoms with E-state index in [0.29, 0.717) is 5.02 Å². The lowest BCUT2D eigenvalue weighted by atomic mass is 9.92. The number of benzene rings is 6. The monoisotopic (exact) mass is 520 g/mol. The number of fused-ring (bicyclic) bond motifs is 6. The lowest BCUT2D eigenvalue weighted by molar-refractivity contribution is 0.669. The molecule has 3 heteroatoms. The molecule has 0 fully saturated rings. The minimum absolute atomic E-state index is 0.693. The molecule has 6 aromatic carbocycles. The molecule has 184 valence electrons. The first-order valence-corrected chi connectivity index (χ1v) is 13.3. The molecule has 0 aliphatic heterocycles. The van der Waals surface area contributed by atoms with E-state index in [0.717, 1.165) is 77.3 Å². The van der Waals surface area contributed by atoms with Gasteiger partial charge in [0.1, 0.15) is 22.3 Å². The van der Waals surface area contributed by atoms with Gasteiger partial charge in [0.15, 0.2) is 0 Å². The minimum atomic E-state index is 0.693. The largest absolute Gasteiger partial charge is 0.456 e. The summed E-state index contributed by atoms with van der Waals surface area (Å²) >= 11 is 6.59. The first kappa shape index (κ1) is 22.2. The molecule has 0 saturated carbocycles. The van der Waals surface area contributed by atoms with Gasteiger partial charge in [-0.25, -0.2) is 0 Å². The molecular weight excluding hydrogens is 500 g/mol. The Balaban J connectivity index is 1.36. The SMILES string of the molecule is Clc1cccc2oc3ccc(-c4ccccc4-c4cccc5c4oc4c(-c6ccccc6)cccc45)cc3c12. The van der Waals surface area contributed by atoms with Crippen LogP contribution in [0.15, 0.2) is 136 Å². The van der Waals surface area contributed by atoms with Crippen molar-refractivity contribution in [2.75, 3.05) is 0 Å². The Bertz CT molecular complexity index is 2180. The lowest BCUT2D eigenvalue weighted by Gasteiger charge is -2.11. The first-order valence-electron chi connectivity index (χ1n) is 13.0. The third kappa shape index (κ3) is 3.42. The Kier molecular flexibility index (Phi) is 4.91. The minimum Gasteiger partial charge on any atom is -0.456 e. The van der Waals surface area contributed by atoms with Crippen LogP contribution < -0.4 is 0 Å². The molecule has 2 nitrogen and oxygen atoms in total. The van der Waals surface area contributed by atoms with Gasteiger partial charge in [-0.1, -0.05) is 115 Å². The smallest absolute Gasteiger partial charge is 0.143 e. The standard InChI is InChI=1S/C36H21ClO2/c37-31-17-8-18-33-34(31)30-21-23(19-20-32(30)38-33)24-11-4-5-12-26(24)27-14-7-16-29-28-15-6-13-25(35(28)39-36(27)29)22-9-2-1-3-10-22/h1-21H. The van der Waals surface area contributed by atoms with Gasteiger partial charge >= 0.3 is 0 Å². The van der Waals surface area contributed by atoms with Crippen molar-refractivity contribution in [3.63, 3.8) is 0 Å². The molecule has 0 spiro atoms. The van der Waals surface area contributed by atoms with Gasteiger partial charge in [-0.3, -0.25) is 0 Å². The summed E-state index contributed by atoms with van der Waals surface area (Å²) in [5.74, 6) is 0. The third-order valence-corrected chi connectivity index (χ3v) is 7.90. The van der Waals surface area contributed by atoms with Crippen molar-refractivity contribution in [3.05, 3.63) is 132 Å². The van der Waals surface area contributed by atoms with Crippen molar-refractivity contribution in [3.8, 4) is 33.4 Å². The molecule has 8 aromatic rings. The van der Waals surface area contributed by atoms with Gasteiger partial charge in [-0.2, -0.15) is 0 Å². The van der Waals surface area contributed by atoms with E-state index in [1.54, 1.807) is 0 Å². The highest BCUT2D eigenvalue weighted by Crippen LogP contribution is 2.43. The van der Waals surface area contributed by atoms with Gasteiger partial charge in [0.25, 0.3) is 0 Å². The fourth-order valence-electron chi connectivity index (χ4n) is 5.80. The van der Waals surface area contributed by atoms with E-state index in [9.17, 15) is 0 Å². The normalized spacial score (nSPS) is 11.7. The van der Waals surface area contributed by atoms with E-state index in [-0.39, 0.29) is 0 Å². The van der Waals surface area contributed by atoms with E-state index in [1.165, 1.54) is 0 Å². The molecule has 8 rings (SSSR count). The Morgan fingerprint density at radius 1 is 0.410 bits per heavy atom. The average Bonchev–Trinajstić information content (AvgIpc) is 3.56. The molecule has 0 aliphatic carbocycles. The van der Waals surface area contributed by atoms with Gasteiger partial charge < -0.3 is 8.83 Å². The van der Waals surface area contributed by atoms with Crippen LogP contribution in [0.3, 0.4) is 0 Å². The van der Waals surface area contributed by atoms with Gasteiger partial charge in [-0.15, -0.1) is 0 Å². The van der Waals surface area contributed by atoms with Crippen LogP contribution in [0.25, 0.3) is 77.3 Å². The molecule has 0 radical (unpaired) electrons. The predicted octanol–water partition coefficient (Wildman–Crippen LogP) is 11.1. The molecular formula is C36H21ClO2. The average molecular weight is 521 g/mol. The zero-order chi connectivity index (χ0) is 25.9. The summed E-state index contributed by atoms with van der Waals surface area (Å²) in [6, 6.07) is 43.8. The first-order chi connectivity index (χ1) is 19.3. The number of rotatable bonds is 3. The summed E-state index contributed by atoms with van der Waals surface area (Å²) in [7, 11) is 0. The quantitative estimate of drug-likeness (QED) is 0.231. The summed E-state index contributed by atoms with van der Waals surface area (Å²) in [5.41, 5.74) is 10.1. The van der Waals surface area contributed by atoms with Crippen molar-refractivity contribution >= 4 is 55.5 Å². The summed E-state index contributed by atoms with van der Waals surface area (Å²) in [4.78, 5) is 0. The predicted molar refractivity (Wildman–Crippen MR) is 162 cm³/mol. The zero-order valence-corrected chi connectivity index (χ0v) is 21.6. The molecule has 0 bridgehead atoms. The Labute approximate surface area is 229 Å². The van der Waals surface area contributed by atoms with Crippen molar-refractivity contribution in [2.45, 2.75) is 0 Å². The molecule has 0 aliphatic rings. The summed E-state index contributed by atoms with van der Waals surface area (Å²) in [6.45, 7) is 0. The highest BCUT2D eigenvalue weighted by atomic mass is 35.5. The molecule has 0 N–H and O–H groups in total. The topological polar surface area (TPSA) is 26.3 Å². The fraction of sp³-hybridized carbons (Fsp3) is 0. The number of hydrogen-bond acceptors (Lipinski definition) is 2. The lowest BCUT2D eigenvalue weighted by Crippen LogP contribution is -1.86. The number of halogens is 1. The van der Waals surface area contributed by atoms with E-state index >= 15 is 0 Å². The number of hydrogen-bond donors (Lipinski definition) is 0. The Morgan fingerprint density at radius 3 is 1.90 bits per heavy atom. The maximum Gasteiger partial charge on any atom is 0.143 e. The van der Waals surface area contributed by atoms with Crippen LogP contribution in [-0.4, -0.2) is 0 Å². The maximum atomic E-state index is 6.71. The number of furan rings is 2. The second kappa shape index (κ2) is 8.62. The summed E-state index contributed by atoms with van der Waals surface area (Å²) < 4.78 is 12.8. The highest BCUT2D eigenvalue weighted by Gasteiger charge is 2.18. The van der Waals surface area contributed by atoms with E-state index in [1.807, 2.05) is 30.3 Å². The molecule has 0 saturated heterocycles. The molecule has 2 aromatic heterocycles. The maximum absolute atomic E-state index is 6.71. The van der Waals surface area contributed by atoms with Crippen LogP contribution in [0.2, 0.25) is 5.02 Å². The molecule has 0 unspecified atom stereocenters. The van der Waals surface area contributed by atoms with Crippen LogP contribution in [0, 0.1) is 0 Å². The van der Waals surface area contributed by atoms with Crippen molar-refractivity contribution in [1.82, 2.24) is 0 Å². The zero-order valence-electron chi connectivity index (χ0n) is 20.8. The Hall–Kier alpha value is -4.79. The van der Waals surface area contributed by atoms with Crippen LogP contribution in [0.4, 0.5) is 0 Å². The van der Waals surface area contributed by atoms with E-state index < -0.39 is 0 Å². The molecule has 39 heavy (non-hydrogen) atoms. The van der Waals surface area contributed by atoms with E-state index in [2.05, 4.69) is 97.1 Å². The molecule has 2 heterocycles. The van der Waals surface area contributed by atoms with Gasteiger partial charge in [0.2, 0.25) is 0 Å². The van der Waals surface area contributed by atoms with Crippen LogP contribution in [-0.2, 0) is 0 Å². The van der Waals surface area contributed by atoms with Crippen molar-refractivity contribution in [1.29, 1.82) is 0 Å².